The van der Waals surface area contributed by atoms with E-state index in [2.05, 4.69) is 34.9 Å². The second-order valence-electron chi connectivity index (χ2n) is 3.81. The molecular weight excluding hydrogens is 286 g/mol. The highest BCUT2D eigenvalue weighted by Gasteiger charge is 2.15. The van der Waals surface area contributed by atoms with Crippen molar-refractivity contribution in [1.82, 2.24) is 9.78 Å². The highest BCUT2D eigenvalue weighted by Crippen LogP contribution is 2.22. The first kappa shape index (κ1) is 14.1. The lowest BCUT2D eigenvalue weighted by Gasteiger charge is -2.11. The number of hydrogen-bond acceptors (Lipinski definition) is 3. The van der Waals surface area contributed by atoms with Crippen LogP contribution in [0.15, 0.2) is 4.47 Å². The summed E-state index contributed by atoms with van der Waals surface area (Å²) < 4.78 is 3.08. The number of rotatable bonds is 6. The maximum Gasteiger partial charge on any atom is 0.0766 e. The topological polar surface area (TPSA) is 43.8 Å². The molecule has 1 rings (SSSR count). The molecule has 1 atom stereocenters. The Kier molecular flexibility index (Phi) is 5.86. The van der Waals surface area contributed by atoms with E-state index in [1.807, 2.05) is 23.5 Å². The fourth-order valence-electron chi connectivity index (χ4n) is 1.62. The number of aryl methyl sites for hydroxylation is 2. The highest BCUT2D eigenvalue weighted by atomic mass is 79.9. The second-order valence-corrected chi connectivity index (χ2v) is 5.92. The van der Waals surface area contributed by atoms with Crippen LogP contribution in [0.3, 0.4) is 0 Å². The monoisotopic (exact) mass is 305 g/mol. The van der Waals surface area contributed by atoms with Gasteiger partial charge in [0.2, 0.25) is 0 Å². The molecule has 2 N–H and O–H groups in total. The van der Waals surface area contributed by atoms with Gasteiger partial charge in [0.25, 0.3) is 0 Å². The number of hydrogen-bond donors (Lipinski definition) is 1. The summed E-state index contributed by atoms with van der Waals surface area (Å²) in [5, 5.41) is 4.47. The molecule has 16 heavy (non-hydrogen) atoms. The van der Waals surface area contributed by atoms with E-state index >= 15 is 0 Å². The minimum Gasteiger partial charge on any atom is -0.327 e. The summed E-state index contributed by atoms with van der Waals surface area (Å²) in [4.78, 5) is 0. The van der Waals surface area contributed by atoms with Crippen molar-refractivity contribution in [2.24, 2.45) is 12.8 Å². The van der Waals surface area contributed by atoms with Crippen LogP contribution in [0.2, 0.25) is 0 Å². The first-order chi connectivity index (χ1) is 7.60. The zero-order valence-electron chi connectivity index (χ0n) is 10.2. The number of aromatic nitrogens is 2. The molecule has 1 aromatic rings. The molecule has 0 aliphatic heterocycles. The lowest BCUT2D eigenvalue weighted by molar-refractivity contribution is 0.649. The number of nitrogens with two attached hydrogens (primary N) is 1. The van der Waals surface area contributed by atoms with E-state index in [1.165, 1.54) is 5.69 Å². The molecule has 1 aromatic heterocycles. The molecule has 0 aliphatic rings. The zero-order chi connectivity index (χ0) is 12.1. The van der Waals surface area contributed by atoms with Gasteiger partial charge >= 0.3 is 0 Å². The Hall–Kier alpha value is 0. The van der Waals surface area contributed by atoms with Gasteiger partial charge in [0.05, 0.1) is 15.9 Å². The predicted octanol–water partition coefficient (Wildman–Crippen LogP) is 2.37. The number of halogens is 1. The molecule has 5 heteroatoms. The molecule has 1 heterocycles. The summed E-state index contributed by atoms with van der Waals surface area (Å²) >= 11 is 5.50. The quantitative estimate of drug-likeness (QED) is 0.877. The molecule has 0 spiro atoms. The van der Waals surface area contributed by atoms with E-state index in [1.54, 1.807) is 0 Å². The average molecular weight is 306 g/mol. The van der Waals surface area contributed by atoms with Crippen molar-refractivity contribution in [3.63, 3.8) is 0 Å². The lowest BCUT2D eigenvalue weighted by Crippen LogP contribution is -2.27. The van der Waals surface area contributed by atoms with Crippen molar-refractivity contribution in [1.29, 1.82) is 0 Å². The first-order valence-corrected chi connectivity index (χ1v) is 7.58. The number of nitrogens with zero attached hydrogens (tertiary/aromatic N) is 2. The summed E-state index contributed by atoms with van der Waals surface area (Å²) in [6.07, 6.45) is 1.84. The van der Waals surface area contributed by atoms with Crippen LogP contribution in [0.25, 0.3) is 0 Å². The van der Waals surface area contributed by atoms with Crippen LogP contribution in [0.1, 0.15) is 25.2 Å². The van der Waals surface area contributed by atoms with Crippen LogP contribution in [-0.2, 0) is 19.9 Å². The highest BCUT2D eigenvalue weighted by molar-refractivity contribution is 9.10. The van der Waals surface area contributed by atoms with Crippen LogP contribution in [0.5, 0.6) is 0 Å². The summed E-state index contributed by atoms with van der Waals surface area (Å²) in [5.74, 6) is 2.13. The Morgan fingerprint density at radius 2 is 2.19 bits per heavy atom. The van der Waals surface area contributed by atoms with Gasteiger partial charge in [-0.25, -0.2) is 0 Å². The SMILES string of the molecule is CCSCC(N)Cc1c(Br)c(CC)nn1C. The summed E-state index contributed by atoms with van der Waals surface area (Å²) in [6, 6.07) is 0.210. The minimum atomic E-state index is 0.210. The van der Waals surface area contributed by atoms with Gasteiger partial charge in [-0.15, -0.1) is 0 Å². The van der Waals surface area contributed by atoms with Crippen LogP contribution in [0, 0.1) is 0 Å². The van der Waals surface area contributed by atoms with Gasteiger partial charge in [-0.1, -0.05) is 13.8 Å². The number of thioether (sulfide) groups is 1. The second kappa shape index (κ2) is 6.67. The molecule has 0 radical (unpaired) electrons. The normalized spacial score (nSPS) is 13.1. The van der Waals surface area contributed by atoms with Crippen molar-refractivity contribution < 1.29 is 0 Å². The van der Waals surface area contributed by atoms with E-state index in [0.717, 1.165) is 34.5 Å². The maximum atomic E-state index is 6.10. The van der Waals surface area contributed by atoms with Crippen molar-refractivity contribution in [2.45, 2.75) is 32.7 Å². The van der Waals surface area contributed by atoms with Crippen LogP contribution in [-0.4, -0.2) is 27.3 Å². The fourth-order valence-corrected chi connectivity index (χ4v) is 3.05. The van der Waals surface area contributed by atoms with Crippen molar-refractivity contribution in [3.05, 3.63) is 15.9 Å². The summed E-state index contributed by atoms with van der Waals surface area (Å²) in [6.45, 7) is 4.27. The molecule has 0 saturated carbocycles. The van der Waals surface area contributed by atoms with Crippen molar-refractivity contribution in [3.8, 4) is 0 Å². The minimum absolute atomic E-state index is 0.210. The molecule has 0 amide bonds. The lowest BCUT2D eigenvalue weighted by atomic mass is 10.2. The van der Waals surface area contributed by atoms with E-state index in [-0.39, 0.29) is 6.04 Å². The Labute approximate surface area is 110 Å². The standard InChI is InChI=1S/C11H20BrN3S/c1-4-9-11(12)10(15(3)14-9)6-8(13)7-16-5-2/h8H,4-7,13H2,1-3H3. The third-order valence-corrected chi connectivity index (χ3v) is 4.48. The van der Waals surface area contributed by atoms with E-state index in [9.17, 15) is 0 Å². The van der Waals surface area contributed by atoms with Gasteiger partial charge in [0, 0.05) is 25.3 Å². The third kappa shape index (κ3) is 3.50. The molecule has 0 fully saturated rings. The van der Waals surface area contributed by atoms with E-state index < -0.39 is 0 Å². The maximum absolute atomic E-state index is 6.10. The van der Waals surface area contributed by atoms with Gasteiger partial charge < -0.3 is 5.73 Å². The molecular formula is C11H20BrN3S. The molecule has 0 bridgehead atoms. The third-order valence-electron chi connectivity index (χ3n) is 2.49. The fraction of sp³-hybridized carbons (Fsp3) is 0.727. The van der Waals surface area contributed by atoms with Gasteiger partial charge in [0.1, 0.15) is 0 Å². The molecule has 0 saturated heterocycles. The Morgan fingerprint density at radius 3 is 2.69 bits per heavy atom. The predicted molar refractivity (Wildman–Crippen MR) is 75.0 cm³/mol. The largest absolute Gasteiger partial charge is 0.327 e. The molecule has 0 aliphatic carbocycles. The van der Waals surface area contributed by atoms with Gasteiger partial charge in [-0.2, -0.15) is 16.9 Å². The van der Waals surface area contributed by atoms with E-state index in [0.29, 0.717) is 0 Å². The summed E-state index contributed by atoms with van der Waals surface area (Å²) in [7, 11) is 1.99. The van der Waals surface area contributed by atoms with E-state index in [4.69, 9.17) is 5.73 Å². The zero-order valence-corrected chi connectivity index (χ0v) is 12.6. The Balaban J connectivity index is 2.69. The average Bonchev–Trinajstić information content (AvgIpc) is 2.53. The van der Waals surface area contributed by atoms with Gasteiger partial charge in [-0.05, 0) is 28.1 Å². The van der Waals surface area contributed by atoms with Gasteiger partial charge in [0.15, 0.2) is 0 Å². The molecule has 3 nitrogen and oxygen atoms in total. The van der Waals surface area contributed by atoms with Crippen LogP contribution in [0.4, 0.5) is 0 Å². The Morgan fingerprint density at radius 1 is 1.50 bits per heavy atom. The first-order valence-electron chi connectivity index (χ1n) is 5.63. The van der Waals surface area contributed by atoms with Crippen LogP contribution >= 0.6 is 27.7 Å². The Bertz CT molecular complexity index is 338. The van der Waals surface area contributed by atoms with Crippen molar-refractivity contribution >= 4 is 27.7 Å². The molecule has 1 unspecified atom stereocenters. The van der Waals surface area contributed by atoms with Crippen LogP contribution < -0.4 is 5.73 Å². The molecule has 92 valence electrons. The van der Waals surface area contributed by atoms with Gasteiger partial charge in [-0.3, -0.25) is 4.68 Å². The smallest absolute Gasteiger partial charge is 0.0766 e. The van der Waals surface area contributed by atoms with Crippen molar-refractivity contribution in [2.75, 3.05) is 11.5 Å². The molecule has 0 aromatic carbocycles. The summed E-state index contributed by atoms with van der Waals surface area (Å²) in [5.41, 5.74) is 8.43.